The molecule has 0 heterocycles. The normalized spacial score (nSPS) is 13.6. The Bertz CT molecular complexity index is 483. The fourth-order valence-electron chi connectivity index (χ4n) is 1.67. The molecular weight excluding hydrogens is 260 g/mol. The van der Waals surface area contributed by atoms with Crippen LogP contribution in [0.4, 0.5) is 0 Å². The van der Waals surface area contributed by atoms with Crippen LogP contribution in [-0.2, 0) is 17.3 Å². The Morgan fingerprint density at radius 1 is 1.53 bits per heavy atom. The van der Waals surface area contributed by atoms with Crippen LogP contribution in [0.1, 0.15) is 24.5 Å². The van der Waals surface area contributed by atoms with Gasteiger partial charge in [0.2, 0.25) is 0 Å². The third-order valence-electron chi connectivity index (χ3n) is 2.88. The second-order valence-electron chi connectivity index (χ2n) is 4.49. The molecule has 0 aliphatic carbocycles. The largest absolute Gasteiger partial charge is 0.495 e. The van der Waals surface area contributed by atoms with Crippen LogP contribution in [0, 0.1) is 11.3 Å². The zero-order valence-electron chi connectivity index (χ0n) is 11.6. The maximum absolute atomic E-state index is 11.0. The second-order valence-corrected chi connectivity index (χ2v) is 6.05. The zero-order valence-corrected chi connectivity index (χ0v) is 12.4. The molecule has 0 amide bonds. The number of nitrogens with zero attached hydrogens (tertiary/aromatic N) is 1. The van der Waals surface area contributed by atoms with Crippen LogP contribution in [0.3, 0.4) is 0 Å². The standard InChI is InChI=1S/C14H20N2O2S/c1-11(6-7-19(3)17)16-10-12-4-5-13(9-15)14(8-12)18-2/h4-5,8,11,16H,6-7,10H2,1-3H3. The molecule has 1 N–H and O–H groups in total. The molecule has 0 bridgehead atoms. The summed E-state index contributed by atoms with van der Waals surface area (Å²) in [5.74, 6) is 1.31. The van der Waals surface area contributed by atoms with Crippen molar-refractivity contribution < 1.29 is 8.95 Å². The lowest BCUT2D eigenvalue weighted by molar-refractivity contribution is 0.412. The quantitative estimate of drug-likeness (QED) is 0.827. The van der Waals surface area contributed by atoms with Gasteiger partial charge in [-0.1, -0.05) is 6.07 Å². The highest BCUT2D eigenvalue weighted by Crippen LogP contribution is 2.19. The SMILES string of the molecule is COc1cc(CNC(C)CCS(C)=O)ccc1C#N. The Balaban J connectivity index is 2.54. The molecule has 0 aliphatic rings. The molecule has 0 aromatic heterocycles. The van der Waals surface area contributed by atoms with Crippen molar-refractivity contribution in [3.8, 4) is 11.8 Å². The van der Waals surface area contributed by atoms with Crippen LogP contribution in [0.25, 0.3) is 0 Å². The van der Waals surface area contributed by atoms with Crippen molar-refractivity contribution in [1.82, 2.24) is 5.32 Å². The topological polar surface area (TPSA) is 62.1 Å². The van der Waals surface area contributed by atoms with E-state index in [1.165, 1.54) is 0 Å². The fourth-order valence-corrected chi connectivity index (χ4v) is 2.36. The van der Waals surface area contributed by atoms with Gasteiger partial charge in [-0.15, -0.1) is 0 Å². The molecule has 1 aromatic carbocycles. The Morgan fingerprint density at radius 3 is 2.84 bits per heavy atom. The molecule has 5 heteroatoms. The van der Waals surface area contributed by atoms with E-state index in [-0.39, 0.29) is 0 Å². The Morgan fingerprint density at radius 2 is 2.26 bits per heavy atom. The van der Waals surface area contributed by atoms with E-state index in [2.05, 4.69) is 18.3 Å². The van der Waals surface area contributed by atoms with Crippen LogP contribution >= 0.6 is 0 Å². The van der Waals surface area contributed by atoms with Gasteiger partial charge in [0.05, 0.1) is 12.7 Å². The van der Waals surface area contributed by atoms with Crippen molar-refractivity contribution in [2.75, 3.05) is 19.1 Å². The van der Waals surface area contributed by atoms with Gasteiger partial charge in [0.15, 0.2) is 0 Å². The van der Waals surface area contributed by atoms with E-state index in [9.17, 15) is 4.21 Å². The van der Waals surface area contributed by atoms with Crippen LogP contribution in [0.15, 0.2) is 18.2 Å². The first kappa shape index (κ1) is 15.7. The average Bonchev–Trinajstić information content (AvgIpc) is 2.42. The van der Waals surface area contributed by atoms with Gasteiger partial charge in [-0.3, -0.25) is 4.21 Å². The summed E-state index contributed by atoms with van der Waals surface area (Å²) < 4.78 is 16.2. The van der Waals surface area contributed by atoms with Gasteiger partial charge >= 0.3 is 0 Å². The van der Waals surface area contributed by atoms with Crippen molar-refractivity contribution in [1.29, 1.82) is 5.26 Å². The van der Waals surface area contributed by atoms with Crippen molar-refractivity contribution in [2.45, 2.75) is 25.9 Å². The summed E-state index contributed by atoms with van der Waals surface area (Å²) in [7, 11) is 0.822. The molecule has 0 spiro atoms. The molecule has 2 unspecified atom stereocenters. The van der Waals surface area contributed by atoms with Gasteiger partial charge in [0.1, 0.15) is 11.8 Å². The number of nitriles is 1. The van der Waals surface area contributed by atoms with Gasteiger partial charge in [0, 0.05) is 35.4 Å². The molecule has 104 valence electrons. The van der Waals surface area contributed by atoms with Crippen molar-refractivity contribution >= 4 is 10.8 Å². The van der Waals surface area contributed by atoms with Gasteiger partial charge in [-0.05, 0) is 31.0 Å². The predicted molar refractivity (Wildman–Crippen MR) is 77.6 cm³/mol. The number of ether oxygens (including phenoxy) is 1. The maximum atomic E-state index is 11.0. The molecule has 0 saturated heterocycles. The zero-order chi connectivity index (χ0) is 14.3. The number of methoxy groups -OCH3 is 1. The summed E-state index contributed by atoms with van der Waals surface area (Å²) in [5.41, 5.74) is 1.61. The molecule has 19 heavy (non-hydrogen) atoms. The number of benzene rings is 1. The predicted octanol–water partition coefficient (Wildman–Crippen LogP) is 1.81. The minimum atomic E-state index is -0.740. The fraction of sp³-hybridized carbons (Fsp3) is 0.500. The smallest absolute Gasteiger partial charge is 0.136 e. The van der Waals surface area contributed by atoms with E-state index in [4.69, 9.17) is 10.00 Å². The van der Waals surface area contributed by atoms with Crippen LogP contribution in [0.2, 0.25) is 0 Å². The van der Waals surface area contributed by atoms with E-state index in [0.29, 0.717) is 29.7 Å². The third-order valence-corrected chi connectivity index (χ3v) is 3.69. The molecule has 1 rings (SSSR count). The molecule has 1 aromatic rings. The molecule has 4 nitrogen and oxygen atoms in total. The van der Waals surface area contributed by atoms with Gasteiger partial charge in [-0.25, -0.2) is 0 Å². The van der Waals surface area contributed by atoms with Gasteiger partial charge in [-0.2, -0.15) is 5.26 Å². The molecular formula is C14H20N2O2S. The molecule has 2 atom stereocenters. The average molecular weight is 280 g/mol. The van der Waals surface area contributed by atoms with Crippen LogP contribution < -0.4 is 10.1 Å². The summed E-state index contributed by atoms with van der Waals surface area (Å²) in [6.45, 7) is 2.79. The summed E-state index contributed by atoms with van der Waals surface area (Å²) in [5, 5.41) is 12.3. The Kier molecular flexibility index (Phi) is 6.54. The van der Waals surface area contributed by atoms with E-state index in [1.807, 2.05) is 12.1 Å². The Hall–Kier alpha value is -1.38. The van der Waals surface area contributed by atoms with Crippen LogP contribution in [0.5, 0.6) is 5.75 Å². The molecule has 0 radical (unpaired) electrons. The lowest BCUT2D eigenvalue weighted by atomic mass is 10.1. The van der Waals surface area contributed by atoms with Crippen molar-refractivity contribution in [2.24, 2.45) is 0 Å². The molecule has 0 aliphatic heterocycles. The lowest BCUT2D eigenvalue weighted by Crippen LogP contribution is -2.27. The minimum Gasteiger partial charge on any atom is -0.495 e. The summed E-state index contributed by atoms with van der Waals surface area (Å²) >= 11 is 0. The van der Waals surface area contributed by atoms with Gasteiger partial charge < -0.3 is 10.1 Å². The third kappa shape index (κ3) is 5.41. The first-order valence-electron chi connectivity index (χ1n) is 6.17. The summed E-state index contributed by atoms with van der Waals surface area (Å²) in [6, 6.07) is 7.96. The van der Waals surface area contributed by atoms with Crippen LogP contribution in [-0.4, -0.2) is 29.4 Å². The Labute approximate surface area is 117 Å². The first-order chi connectivity index (χ1) is 9.06. The summed E-state index contributed by atoms with van der Waals surface area (Å²) in [4.78, 5) is 0. The number of rotatable bonds is 7. The first-order valence-corrected chi connectivity index (χ1v) is 7.90. The number of hydrogen-bond donors (Lipinski definition) is 1. The molecule has 0 fully saturated rings. The van der Waals surface area contributed by atoms with E-state index >= 15 is 0 Å². The second kappa shape index (κ2) is 7.93. The van der Waals surface area contributed by atoms with E-state index in [0.717, 1.165) is 12.0 Å². The van der Waals surface area contributed by atoms with Crippen molar-refractivity contribution in [3.63, 3.8) is 0 Å². The highest BCUT2D eigenvalue weighted by Gasteiger charge is 2.06. The highest BCUT2D eigenvalue weighted by molar-refractivity contribution is 7.84. The number of hydrogen-bond acceptors (Lipinski definition) is 4. The van der Waals surface area contributed by atoms with Gasteiger partial charge in [0.25, 0.3) is 0 Å². The summed E-state index contributed by atoms with van der Waals surface area (Å²) in [6.07, 6.45) is 2.61. The maximum Gasteiger partial charge on any atom is 0.136 e. The van der Waals surface area contributed by atoms with E-state index in [1.54, 1.807) is 19.4 Å². The van der Waals surface area contributed by atoms with Crippen molar-refractivity contribution in [3.05, 3.63) is 29.3 Å². The number of nitrogens with one attached hydrogen (secondary N) is 1. The highest BCUT2D eigenvalue weighted by atomic mass is 32.2. The molecule has 0 saturated carbocycles. The van der Waals surface area contributed by atoms with E-state index < -0.39 is 10.8 Å². The monoisotopic (exact) mass is 280 g/mol. The minimum absolute atomic E-state index is 0.311. The lowest BCUT2D eigenvalue weighted by Gasteiger charge is -2.13.